The Morgan fingerprint density at radius 3 is 2.67 bits per heavy atom. The number of halogens is 1. The zero-order valence-electron chi connectivity index (χ0n) is 11.5. The van der Waals surface area contributed by atoms with E-state index in [4.69, 9.17) is 0 Å². The number of nitrogens with one attached hydrogen (secondary N) is 1. The molecule has 1 heterocycles. The van der Waals surface area contributed by atoms with Crippen molar-refractivity contribution < 1.29 is 0 Å². The molecule has 1 aromatic carbocycles. The van der Waals surface area contributed by atoms with Crippen LogP contribution in [0.15, 0.2) is 28.7 Å². The van der Waals surface area contributed by atoms with Crippen LogP contribution in [0.3, 0.4) is 0 Å². The van der Waals surface area contributed by atoms with Crippen LogP contribution in [0.2, 0.25) is 0 Å². The molecule has 18 heavy (non-hydrogen) atoms. The maximum atomic E-state index is 3.61. The van der Waals surface area contributed by atoms with Gasteiger partial charge in [-0.2, -0.15) is 0 Å². The molecule has 1 aromatic rings. The van der Waals surface area contributed by atoms with Crippen molar-refractivity contribution in [1.82, 2.24) is 10.2 Å². The number of nitrogens with zero attached hydrogens (tertiary/aromatic N) is 1. The Hall–Kier alpha value is -0.380. The molecule has 2 nitrogen and oxygen atoms in total. The summed E-state index contributed by atoms with van der Waals surface area (Å²) in [7, 11) is 0. The summed E-state index contributed by atoms with van der Waals surface area (Å²) < 4.78 is 1.15. The highest BCUT2D eigenvalue weighted by molar-refractivity contribution is 9.10. The monoisotopic (exact) mass is 310 g/mol. The summed E-state index contributed by atoms with van der Waals surface area (Å²) in [6.07, 6.45) is 1.20. The van der Waals surface area contributed by atoms with Gasteiger partial charge in [-0.05, 0) is 38.0 Å². The molecule has 1 aliphatic rings. The van der Waals surface area contributed by atoms with Gasteiger partial charge >= 0.3 is 0 Å². The fourth-order valence-electron chi connectivity index (χ4n) is 2.70. The average molecular weight is 311 g/mol. The molecule has 1 saturated heterocycles. The van der Waals surface area contributed by atoms with Gasteiger partial charge in [-0.25, -0.2) is 0 Å². The first-order chi connectivity index (χ1) is 8.61. The molecule has 0 amide bonds. The Balaban J connectivity index is 2.11. The Morgan fingerprint density at radius 2 is 2.06 bits per heavy atom. The van der Waals surface area contributed by atoms with Gasteiger partial charge in [0.2, 0.25) is 0 Å². The standard InChI is InChI=1S/C15H23BrN2/c1-4-15-10-18(11(2)9-17-15)12(3)13-5-7-14(16)8-6-13/h5-8,11-12,15,17H,4,9-10H2,1-3H3. The molecular weight excluding hydrogens is 288 g/mol. The molecule has 0 saturated carbocycles. The van der Waals surface area contributed by atoms with Crippen LogP contribution in [0.25, 0.3) is 0 Å². The van der Waals surface area contributed by atoms with Crippen LogP contribution < -0.4 is 5.32 Å². The Kier molecular flexibility index (Phi) is 4.82. The third kappa shape index (κ3) is 3.14. The average Bonchev–Trinajstić information content (AvgIpc) is 2.39. The maximum absolute atomic E-state index is 3.61. The fraction of sp³-hybridized carbons (Fsp3) is 0.600. The molecule has 1 aliphatic heterocycles. The van der Waals surface area contributed by atoms with E-state index >= 15 is 0 Å². The second kappa shape index (κ2) is 6.18. The van der Waals surface area contributed by atoms with Crippen molar-refractivity contribution in [3.05, 3.63) is 34.3 Å². The fourth-order valence-corrected chi connectivity index (χ4v) is 2.96. The molecule has 0 aromatic heterocycles. The van der Waals surface area contributed by atoms with Gasteiger partial charge in [-0.15, -0.1) is 0 Å². The lowest BCUT2D eigenvalue weighted by molar-refractivity contribution is 0.0975. The van der Waals surface area contributed by atoms with Gasteiger partial charge in [0.05, 0.1) is 0 Å². The van der Waals surface area contributed by atoms with Crippen molar-refractivity contribution >= 4 is 15.9 Å². The van der Waals surface area contributed by atoms with Crippen LogP contribution in [0, 0.1) is 0 Å². The zero-order valence-corrected chi connectivity index (χ0v) is 13.1. The number of rotatable bonds is 3. The normalized spacial score (nSPS) is 27.1. The third-order valence-corrected chi connectivity index (χ3v) is 4.57. The van der Waals surface area contributed by atoms with Gasteiger partial charge in [-0.3, -0.25) is 4.90 Å². The lowest BCUT2D eigenvalue weighted by Gasteiger charge is -2.42. The summed E-state index contributed by atoms with van der Waals surface area (Å²) in [5.74, 6) is 0. The molecule has 0 aliphatic carbocycles. The van der Waals surface area contributed by atoms with Gasteiger partial charge in [0.1, 0.15) is 0 Å². The van der Waals surface area contributed by atoms with E-state index in [0.717, 1.165) is 17.6 Å². The first-order valence-electron chi connectivity index (χ1n) is 6.86. The lowest BCUT2D eigenvalue weighted by atomic mass is 10.0. The molecule has 0 radical (unpaired) electrons. The molecule has 0 bridgehead atoms. The SMILES string of the molecule is CCC1CN(C(C)c2ccc(Br)cc2)C(C)CN1. The number of hydrogen-bond acceptors (Lipinski definition) is 2. The van der Waals surface area contributed by atoms with Crippen molar-refractivity contribution in [3.63, 3.8) is 0 Å². The molecule has 3 unspecified atom stereocenters. The van der Waals surface area contributed by atoms with Gasteiger partial charge < -0.3 is 5.32 Å². The minimum Gasteiger partial charge on any atom is -0.311 e. The zero-order chi connectivity index (χ0) is 13.1. The highest BCUT2D eigenvalue weighted by Gasteiger charge is 2.28. The minimum atomic E-state index is 0.490. The van der Waals surface area contributed by atoms with Crippen molar-refractivity contribution in [1.29, 1.82) is 0 Å². The van der Waals surface area contributed by atoms with E-state index in [9.17, 15) is 0 Å². The van der Waals surface area contributed by atoms with Gasteiger partial charge in [-0.1, -0.05) is 35.0 Å². The first kappa shape index (κ1) is 14.0. The van der Waals surface area contributed by atoms with Crippen LogP contribution in [0.1, 0.15) is 38.8 Å². The molecule has 3 atom stereocenters. The molecule has 1 fully saturated rings. The van der Waals surface area contributed by atoms with Crippen molar-refractivity contribution in [2.24, 2.45) is 0 Å². The van der Waals surface area contributed by atoms with Crippen LogP contribution in [-0.4, -0.2) is 30.1 Å². The van der Waals surface area contributed by atoms with Gasteiger partial charge in [0.25, 0.3) is 0 Å². The summed E-state index contributed by atoms with van der Waals surface area (Å²) in [5.41, 5.74) is 1.40. The van der Waals surface area contributed by atoms with Crippen LogP contribution in [0.4, 0.5) is 0 Å². The van der Waals surface area contributed by atoms with Crippen LogP contribution in [-0.2, 0) is 0 Å². The smallest absolute Gasteiger partial charge is 0.0323 e. The summed E-state index contributed by atoms with van der Waals surface area (Å²) in [6, 6.07) is 10.5. The highest BCUT2D eigenvalue weighted by Crippen LogP contribution is 2.26. The quantitative estimate of drug-likeness (QED) is 0.918. The number of benzene rings is 1. The number of hydrogen-bond donors (Lipinski definition) is 1. The Bertz CT molecular complexity index is 377. The number of piperazine rings is 1. The summed E-state index contributed by atoms with van der Waals surface area (Å²) in [4.78, 5) is 2.62. The maximum Gasteiger partial charge on any atom is 0.0323 e. The topological polar surface area (TPSA) is 15.3 Å². The molecular formula is C15H23BrN2. The lowest BCUT2D eigenvalue weighted by Crippen LogP contribution is -2.55. The van der Waals surface area contributed by atoms with E-state index < -0.39 is 0 Å². The van der Waals surface area contributed by atoms with Crippen molar-refractivity contribution in [2.75, 3.05) is 13.1 Å². The van der Waals surface area contributed by atoms with E-state index in [0.29, 0.717) is 18.1 Å². The second-order valence-electron chi connectivity index (χ2n) is 5.29. The summed E-state index contributed by atoms with van der Waals surface area (Å²) in [6.45, 7) is 9.14. The summed E-state index contributed by atoms with van der Waals surface area (Å²) >= 11 is 3.50. The van der Waals surface area contributed by atoms with Gasteiger partial charge in [0, 0.05) is 35.7 Å². The summed E-state index contributed by atoms with van der Waals surface area (Å²) in [5, 5.41) is 3.61. The predicted molar refractivity (Wildman–Crippen MR) is 80.8 cm³/mol. The van der Waals surface area contributed by atoms with E-state index in [2.05, 4.69) is 71.2 Å². The molecule has 3 heteroatoms. The third-order valence-electron chi connectivity index (χ3n) is 4.04. The van der Waals surface area contributed by atoms with Gasteiger partial charge in [0.15, 0.2) is 0 Å². The second-order valence-corrected chi connectivity index (χ2v) is 6.20. The Labute approximate surface area is 119 Å². The van der Waals surface area contributed by atoms with Crippen molar-refractivity contribution in [2.45, 2.75) is 45.3 Å². The van der Waals surface area contributed by atoms with Crippen molar-refractivity contribution in [3.8, 4) is 0 Å². The van der Waals surface area contributed by atoms with E-state index in [1.54, 1.807) is 0 Å². The Morgan fingerprint density at radius 1 is 1.39 bits per heavy atom. The predicted octanol–water partition coefficient (Wildman–Crippen LogP) is 3.58. The minimum absolute atomic E-state index is 0.490. The molecule has 100 valence electrons. The van der Waals surface area contributed by atoms with Crippen LogP contribution in [0.5, 0.6) is 0 Å². The molecule has 0 spiro atoms. The molecule has 1 N–H and O–H groups in total. The van der Waals surface area contributed by atoms with Crippen LogP contribution >= 0.6 is 15.9 Å². The van der Waals surface area contributed by atoms with E-state index in [1.165, 1.54) is 12.0 Å². The largest absolute Gasteiger partial charge is 0.311 e. The molecule has 2 rings (SSSR count). The highest BCUT2D eigenvalue weighted by atomic mass is 79.9. The van der Waals surface area contributed by atoms with E-state index in [-0.39, 0.29) is 0 Å². The first-order valence-corrected chi connectivity index (χ1v) is 7.65. The van der Waals surface area contributed by atoms with E-state index in [1.807, 2.05) is 0 Å².